The molecule has 2 saturated heterocycles. The van der Waals surface area contributed by atoms with E-state index in [-0.39, 0.29) is 0 Å². The van der Waals surface area contributed by atoms with Crippen LogP contribution in [0.1, 0.15) is 83.6 Å². The number of hydrogen-bond donors (Lipinski definition) is 0. The van der Waals surface area contributed by atoms with Gasteiger partial charge in [0, 0.05) is 63.8 Å². The van der Waals surface area contributed by atoms with Crippen LogP contribution < -0.4 is 9.80 Å². The molecule has 0 bridgehead atoms. The number of ether oxygens (including phenoxy) is 1. The minimum atomic E-state index is 0.456. The van der Waals surface area contributed by atoms with Crippen molar-refractivity contribution in [3.8, 4) is 0 Å². The molecule has 5 rings (SSSR count). The molecule has 4 aliphatic rings. The SMILES string of the molecule is CCOC1CCN(c2ccc(N3CCN(CC4CC4)CC3)c(C3CCC(C)(C)CC3)c2)CC1. The summed E-state index contributed by atoms with van der Waals surface area (Å²) >= 11 is 0. The van der Waals surface area contributed by atoms with E-state index in [9.17, 15) is 0 Å². The van der Waals surface area contributed by atoms with Crippen LogP contribution in [0.3, 0.4) is 0 Å². The van der Waals surface area contributed by atoms with Crippen LogP contribution in [0, 0.1) is 11.3 Å². The zero-order chi connectivity index (χ0) is 22.8. The Hall–Kier alpha value is -1.26. The van der Waals surface area contributed by atoms with Crippen LogP contribution in [0.15, 0.2) is 18.2 Å². The monoisotopic (exact) mass is 453 g/mol. The predicted octanol–water partition coefficient (Wildman–Crippen LogP) is 5.91. The van der Waals surface area contributed by atoms with Gasteiger partial charge in [0.05, 0.1) is 6.10 Å². The van der Waals surface area contributed by atoms with Crippen molar-refractivity contribution >= 4 is 11.4 Å². The summed E-state index contributed by atoms with van der Waals surface area (Å²) in [6.45, 7) is 16.3. The highest BCUT2D eigenvalue weighted by Gasteiger charge is 2.32. The van der Waals surface area contributed by atoms with Gasteiger partial charge in [-0.25, -0.2) is 0 Å². The lowest BCUT2D eigenvalue weighted by molar-refractivity contribution is 0.0459. The van der Waals surface area contributed by atoms with E-state index in [2.05, 4.69) is 53.7 Å². The largest absolute Gasteiger partial charge is 0.378 e. The molecule has 0 radical (unpaired) electrons. The first kappa shape index (κ1) is 23.5. The molecule has 0 unspecified atom stereocenters. The van der Waals surface area contributed by atoms with Gasteiger partial charge in [0.25, 0.3) is 0 Å². The average Bonchev–Trinajstić information content (AvgIpc) is 3.64. The molecule has 1 aromatic carbocycles. The van der Waals surface area contributed by atoms with Crippen LogP contribution in [0.5, 0.6) is 0 Å². The van der Waals surface area contributed by atoms with E-state index >= 15 is 0 Å². The maximum Gasteiger partial charge on any atom is 0.0608 e. The standard InChI is InChI=1S/C29H47N3O/c1-4-33-26-11-15-31(16-12-26)25-7-8-28(27(21-25)24-9-13-29(2,3)14-10-24)32-19-17-30(18-20-32)22-23-5-6-23/h7-8,21,23-24,26H,4-6,9-20,22H2,1-3H3. The number of piperidine rings is 1. The summed E-state index contributed by atoms with van der Waals surface area (Å²) in [5, 5.41) is 0. The van der Waals surface area contributed by atoms with Crippen LogP contribution in [-0.2, 0) is 4.74 Å². The zero-order valence-corrected chi connectivity index (χ0v) is 21.5. The van der Waals surface area contributed by atoms with E-state index in [1.807, 2.05) is 0 Å². The minimum absolute atomic E-state index is 0.456. The van der Waals surface area contributed by atoms with Gasteiger partial charge >= 0.3 is 0 Å². The van der Waals surface area contributed by atoms with Crippen molar-refractivity contribution in [2.75, 3.05) is 62.2 Å². The third kappa shape index (κ3) is 5.88. The Morgan fingerprint density at radius 2 is 1.55 bits per heavy atom. The molecular formula is C29H47N3O. The lowest BCUT2D eigenvalue weighted by atomic mass is 9.71. The van der Waals surface area contributed by atoms with E-state index in [1.54, 1.807) is 11.3 Å². The summed E-state index contributed by atoms with van der Waals surface area (Å²) in [5.74, 6) is 1.72. The van der Waals surface area contributed by atoms with Crippen molar-refractivity contribution in [3.05, 3.63) is 23.8 Å². The van der Waals surface area contributed by atoms with Gasteiger partial charge in [0.1, 0.15) is 0 Å². The summed E-state index contributed by atoms with van der Waals surface area (Å²) in [5.41, 5.74) is 5.15. The fourth-order valence-corrected chi connectivity index (χ4v) is 6.42. The Morgan fingerprint density at radius 1 is 0.848 bits per heavy atom. The number of nitrogens with zero attached hydrogens (tertiary/aromatic N) is 3. The van der Waals surface area contributed by atoms with Crippen LogP contribution in [-0.4, -0.2) is 63.4 Å². The number of piperazine rings is 1. The van der Waals surface area contributed by atoms with Crippen molar-refractivity contribution in [2.45, 2.75) is 84.2 Å². The Labute approximate surface area is 202 Å². The highest BCUT2D eigenvalue weighted by atomic mass is 16.5. The molecule has 2 saturated carbocycles. The molecule has 2 aliphatic heterocycles. The highest BCUT2D eigenvalue weighted by Crippen LogP contribution is 2.46. The third-order valence-electron chi connectivity index (χ3n) is 8.93. The lowest BCUT2D eigenvalue weighted by Gasteiger charge is -2.41. The van der Waals surface area contributed by atoms with E-state index in [0.717, 1.165) is 44.4 Å². The first-order chi connectivity index (χ1) is 16.0. The first-order valence-electron chi connectivity index (χ1n) is 14.0. The molecule has 184 valence electrons. The average molecular weight is 454 g/mol. The molecule has 1 aromatic rings. The molecule has 2 heterocycles. The van der Waals surface area contributed by atoms with Gasteiger partial charge in [-0.15, -0.1) is 0 Å². The lowest BCUT2D eigenvalue weighted by Crippen LogP contribution is -2.47. The molecule has 4 fully saturated rings. The van der Waals surface area contributed by atoms with Crippen LogP contribution in [0.25, 0.3) is 0 Å². The Morgan fingerprint density at radius 3 is 2.18 bits per heavy atom. The maximum atomic E-state index is 5.90. The van der Waals surface area contributed by atoms with E-state index in [4.69, 9.17) is 4.74 Å². The van der Waals surface area contributed by atoms with Crippen molar-refractivity contribution in [3.63, 3.8) is 0 Å². The second-order valence-corrected chi connectivity index (χ2v) is 12.1. The van der Waals surface area contributed by atoms with E-state index < -0.39 is 0 Å². The Balaban J connectivity index is 1.32. The molecule has 0 aromatic heterocycles. The second-order valence-electron chi connectivity index (χ2n) is 12.1. The van der Waals surface area contributed by atoms with Gasteiger partial charge in [-0.2, -0.15) is 0 Å². The normalized spacial score (nSPS) is 25.5. The summed E-state index contributed by atoms with van der Waals surface area (Å²) in [6, 6.07) is 7.49. The van der Waals surface area contributed by atoms with Crippen LogP contribution >= 0.6 is 0 Å². The molecule has 0 spiro atoms. The summed E-state index contributed by atoms with van der Waals surface area (Å²) < 4.78 is 5.90. The first-order valence-corrected chi connectivity index (χ1v) is 14.0. The molecule has 2 aliphatic carbocycles. The van der Waals surface area contributed by atoms with Gasteiger partial charge < -0.3 is 14.5 Å². The van der Waals surface area contributed by atoms with Crippen molar-refractivity contribution in [1.82, 2.24) is 4.90 Å². The van der Waals surface area contributed by atoms with Crippen LogP contribution in [0.2, 0.25) is 0 Å². The fourth-order valence-electron chi connectivity index (χ4n) is 6.42. The Bertz CT molecular complexity index is 763. The predicted molar refractivity (Wildman–Crippen MR) is 140 cm³/mol. The second kappa shape index (κ2) is 10.2. The van der Waals surface area contributed by atoms with Crippen molar-refractivity contribution in [1.29, 1.82) is 0 Å². The fraction of sp³-hybridized carbons (Fsp3) is 0.793. The summed E-state index contributed by atoms with van der Waals surface area (Å²) in [6.07, 6.45) is 11.1. The third-order valence-corrected chi connectivity index (χ3v) is 8.93. The molecule has 0 amide bonds. The number of hydrogen-bond acceptors (Lipinski definition) is 4. The number of anilines is 2. The molecule has 0 N–H and O–H groups in total. The van der Waals surface area contributed by atoms with E-state index in [1.165, 1.54) is 76.9 Å². The van der Waals surface area contributed by atoms with Crippen molar-refractivity contribution < 1.29 is 4.74 Å². The van der Waals surface area contributed by atoms with E-state index in [0.29, 0.717) is 11.5 Å². The number of benzene rings is 1. The van der Waals surface area contributed by atoms with Gasteiger partial charge in [-0.3, -0.25) is 4.90 Å². The molecule has 33 heavy (non-hydrogen) atoms. The zero-order valence-electron chi connectivity index (χ0n) is 21.5. The summed E-state index contributed by atoms with van der Waals surface area (Å²) in [7, 11) is 0. The quantitative estimate of drug-likeness (QED) is 0.511. The van der Waals surface area contributed by atoms with Gasteiger partial charge in [-0.1, -0.05) is 13.8 Å². The van der Waals surface area contributed by atoms with Crippen LogP contribution in [0.4, 0.5) is 11.4 Å². The maximum absolute atomic E-state index is 5.90. The van der Waals surface area contributed by atoms with Gasteiger partial charge in [-0.05, 0) is 99.3 Å². The highest BCUT2D eigenvalue weighted by molar-refractivity contribution is 5.63. The van der Waals surface area contributed by atoms with Gasteiger partial charge in [0.15, 0.2) is 0 Å². The smallest absolute Gasteiger partial charge is 0.0608 e. The molecule has 0 atom stereocenters. The minimum Gasteiger partial charge on any atom is -0.378 e. The Kier molecular flexibility index (Phi) is 7.23. The number of rotatable bonds is 7. The molecule has 4 nitrogen and oxygen atoms in total. The molecule has 4 heteroatoms. The topological polar surface area (TPSA) is 19.0 Å². The van der Waals surface area contributed by atoms with Crippen molar-refractivity contribution in [2.24, 2.45) is 11.3 Å². The van der Waals surface area contributed by atoms with Gasteiger partial charge in [0.2, 0.25) is 0 Å². The summed E-state index contributed by atoms with van der Waals surface area (Å²) in [4.78, 5) is 8.04. The molecular weight excluding hydrogens is 406 g/mol.